The van der Waals surface area contributed by atoms with Gasteiger partial charge in [-0.25, -0.2) is 0 Å². The number of thiophene rings is 1. The number of anilines is 1. The van der Waals surface area contributed by atoms with E-state index in [1.807, 2.05) is 25.3 Å². The van der Waals surface area contributed by atoms with Crippen LogP contribution in [0.3, 0.4) is 0 Å². The minimum absolute atomic E-state index is 0.0132. The number of ketones is 1. The van der Waals surface area contributed by atoms with Gasteiger partial charge in [0.25, 0.3) is 5.69 Å². The largest absolute Gasteiger partial charge is 0.384 e. The molecule has 4 rings (SSSR count). The molecule has 2 aromatic rings. The van der Waals surface area contributed by atoms with E-state index in [1.54, 1.807) is 28.8 Å². The number of hydrogen-bond donors (Lipinski definition) is 1. The number of rotatable bonds is 5. The number of non-ortho nitro benzene ring substituents is 1. The van der Waals surface area contributed by atoms with Crippen molar-refractivity contribution in [3.8, 4) is 6.07 Å². The van der Waals surface area contributed by atoms with Crippen molar-refractivity contribution in [2.75, 3.05) is 10.7 Å². The van der Waals surface area contributed by atoms with E-state index < -0.39 is 10.8 Å². The van der Waals surface area contributed by atoms with Crippen molar-refractivity contribution in [3.63, 3.8) is 0 Å². The molecule has 1 aliphatic carbocycles. The van der Waals surface area contributed by atoms with Crippen molar-refractivity contribution in [1.29, 1.82) is 5.26 Å². The summed E-state index contributed by atoms with van der Waals surface area (Å²) in [5, 5.41) is 23.3. The molecule has 0 spiro atoms. The number of thioether (sulfide) groups is 1. The predicted molar refractivity (Wildman–Crippen MR) is 131 cm³/mol. The molecule has 1 aliphatic heterocycles. The SMILES string of the molecule is CCSc1ccsc1C1C(C#N)=C(N)N(c2ccc([N+](=O)[O-])cc2)C2=C1C(=O)CC(C)(C)C2. The van der Waals surface area contributed by atoms with E-state index in [2.05, 4.69) is 13.0 Å². The Morgan fingerprint density at radius 3 is 2.61 bits per heavy atom. The Bertz CT molecular complexity index is 1240. The molecule has 7 nitrogen and oxygen atoms in total. The van der Waals surface area contributed by atoms with Crippen LogP contribution in [-0.2, 0) is 4.79 Å². The topological polar surface area (TPSA) is 113 Å². The maximum absolute atomic E-state index is 13.6. The van der Waals surface area contributed by atoms with Gasteiger partial charge in [-0.3, -0.25) is 19.8 Å². The standard InChI is InChI=1S/C24H24N4O3S2/c1-4-32-19-9-10-33-22(19)20-16(13-25)23(26)27(14-5-7-15(8-6-14)28(30)31)17-11-24(2,3)12-18(29)21(17)20/h5-10,20H,4,11-12,26H2,1-3H3. The first-order valence-corrected chi connectivity index (χ1v) is 12.5. The van der Waals surface area contributed by atoms with Crippen LogP contribution < -0.4 is 10.6 Å². The average molecular weight is 481 g/mol. The molecule has 0 saturated heterocycles. The van der Waals surface area contributed by atoms with Crippen LogP contribution in [0.4, 0.5) is 11.4 Å². The number of hydrogen-bond acceptors (Lipinski definition) is 8. The van der Waals surface area contributed by atoms with E-state index in [4.69, 9.17) is 5.73 Å². The molecule has 33 heavy (non-hydrogen) atoms. The first kappa shape index (κ1) is 23.1. The lowest BCUT2D eigenvalue weighted by Crippen LogP contribution is -2.42. The second-order valence-corrected chi connectivity index (χ2v) is 11.1. The zero-order chi connectivity index (χ0) is 23.9. The molecular weight excluding hydrogens is 456 g/mol. The number of benzene rings is 1. The Kier molecular flexibility index (Phi) is 6.08. The van der Waals surface area contributed by atoms with E-state index in [9.17, 15) is 20.2 Å². The van der Waals surface area contributed by atoms with E-state index in [0.717, 1.165) is 21.2 Å². The van der Waals surface area contributed by atoms with Crippen LogP contribution >= 0.6 is 23.1 Å². The molecule has 2 heterocycles. The lowest BCUT2D eigenvalue weighted by atomic mass is 9.69. The highest BCUT2D eigenvalue weighted by Gasteiger charge is 2.45. The Morgan fingerprint density at radius 1 is 1.30 bits per heavy atom. The Balaban J connectivity index is 1.96. The highest BCUT2D eigenvalue weighted by atomic mass is 32.2. The molecule has 0 saturated carbocycles. The van der Waals surface area contributed by atoms with Crippen molar-refractivity contribution >= 4 is 40.3 Å². The Morgan fingerprint density at radius 2 is 2.00 bits per heavy atom. The number of carbonyl (C=O) groups is 1. The summed E-state index contributed by atoms with van der Waals surface area (Å²) >= 11 is 3.22. The summed E-state index contributed by atoms with van der Waals surface area (Å²) in [6.45, 7) is 6.15. The first-order valence-electron chi connectivity index (χ1n) is 10.6. The number of nitro benzene ring substituents is 1. The summed E-state index contributed by atoms with van der Waals surface area (Å²) in [5.74, 6) is 0.650. The molecular formula is C24H24N4O3S2. The number of nitrogens with zero attached hydrogens (tertiary/aromatic N) is 3. The van der Waals surface area contributed by atoms with Gasteiger partial charge in [-0.2, -0.15) is 5.26 Å². The highest BCUT2D eigenvalue weighted by Crippen LogP contribution is 2.52. The fraction of sp³-hybridized carbons (Fsp3) is 0.333. The lowest BCUT2D eigenvalue weighted by molar-refractivity contribution is -0.384. The second-order valence-electron chi connectivity index (χ2n) is 8.84. The third-order valence-electron chi connectivity index (χ3n) is 5.92. The zero-order valence-corrected chi connectivity index (χ0v) is 20.3. The summed E-state index contributed by atoms with van der Waals surface area (Å²) < 4.78 is 0. The van der Waals surface area contributed by atoms with Gasteiger partial charge >= 0.3 is 0 Å². The summed E-state index contributed by atoms with van der Waals surface area (Å²) in [7, 11) is 0. The Labute approximate surface area is 200 Å². The van der Waals surface area contributed by atoms with Crippen LogP contribution in [0, 0.1) is 26.9 Å². The van der Waals surface area contributed by atoms with Gasteiger partial charge in [-0.15, -0.1) is 23.1 Å². The maximum atomic E-state index is 13.6. The number of Topliss-reactive ketones (excluding diaryl/α,β-unsaturated/α-hetero) is 1. The van der Waals surface area contributed by atoms with Crippen LogP contribution in [0.1, 0.15) is 44.4 Å². The van der Waals surface area contributed by atoms with E-state index in [1.165, 1.54) is 23.5 Å². The molecule has 1 aromatic carbocycles. The third-order valence-corrected chi connectivity index (χ3v) is 7.99. The monoisotopic (exact) mass is 480 g/mol. The fourth-order valence-corrected chi connectivity index (χ4v) is 6.63. The first-order chi connectivity index (χ1) is 15.7. The number of allylic oxidation sites excluding steroid dienone is 3. The number of nitrogens with two attached hydrogens (primary N) is 1. The van der Waals surface area contributed by atoms with Crippen molar-refractivity contribution in [2.24, 2.45) is 11.1 Å². The molecule has 1 atom stereocenters. The fourth-order valence-electron chi connectivity index (χ4n) is 4.58. The van der Waals surface area contributed by atoms with Crippen molar-refractivity contribution in [2.45, 2.75) is 44.4 Å². The number of nitro groups is 1. The van der Waals surface area contributed by atoms with E-state index in [0.29, 0.717) is 29.7 Å². The van der Waals surface area contributed by atoms with Gasteiger partial charge < -0.3 is 5.73 Å². The summed E-state index contributed by atoms with van der Waals surface area (Å²) in [5.41, 5.74) is 8.62. The molecule has 2 aliphatic rings. The number of nitriles is 1. The van der Waals surface area contributed by atoms with Gasteiger partial charge in [-0.1, -0.05) is 20.8 Å². The summed E-state index contributed by atoms with van der Waals surface area (Å²) in [6.07, 6.45) is 0.985. The van der Waals surface area contributed by atoms with E-state index >= 15 is 0 Å². The van der Waals surface area contributed by atoms with E-state index in [-0.39, 0.29) is 22.7 Å². The molecule has 1 unspecified atom stereocenters. The summed E-state index contributed by atoms with van der Waals surface area (Å²) in [4.78, 5) is 28.0. The lowest BCUT2D eigenvalue weighted by Gasteiger charge is -2.43. The smallest absolute Gasteiger partial charge is 0.269 e. The molecule has 0 fully saturated rings. The van der Waals surface area contributed by atoms with Crippen molar-refractivity contribution in [3.05, 3.63) is 73.4 Å². The molecule has 170 valence electrons. The van der Waals surface area contributed by atoms with Gasteiger partial charge in [0, 0.05) is 45.3 Å². The van der Waals surface area contributed by atoms with Gasteiger partial charge in [0.2, 0.25) is 0 Å². The van der Waals surface area contributed by atoms with Crippen LogP contribution in [0.2, 0.25) is 0 Å². The number of carbonyl (C=O) groups excluding carboxylic acids is 1. The average Bonchev–Trinajstić information content (AvgIpc) is 3.20. The normalized spacial score (nSPS) is 20.0. The Hall–Kier alpha value is -3.09. The maximum Gasteiger partial charge on any atom is 0.269 e. The van der Waals surface area contributed by atoms with Crippen LogP contribution in [-0.4, -0.2) is 16.5 Å². The predicted octanol–water partition coefficient (Wildman–Crippen LogP) is 5.71. The molecule has 0 amide bonds. The molecule has 0 bridgehead atoms. The van der Waals surface area contributed by atoms with Crippen molar-refractivity contribution in [1.82, 2.24) is 0 Å². The second kappa shape index (κ2) is 8.69. The molecule has 2 N–H and O–H groups in total. The zero-order valence-electron chi connectivity index (χ0n) is 18.6. The third kappa shape index (κ3) is 4.05. The minimum Gasteiger partial charge on any atom is -0.384 e. The molecule has 9 heteroatoms. The van der Waals surface area contributed by atoms with Crippen LogP contribution in [0.15, 0.2) is 63.3 Å². The van der Waals surface area contributed by atoms with Gasteiger partial charge in [0.15, 0.2) is 5.78 Å². The van der Waals surface area contributed by atoms with Crippen molar-refractivity contribution < 1.29 is 9.72 Å². The van der Waals surface area contributed by atoms with Gasteiger partial charge in [0.05, 0.1) is 22.5 Å². The quantitative estimate of drug-likeness (QED) is 0.331. The summed E-state index contributed by atoms with van der Waals surface area (Å²) in [6, 6.07) is 10.3. The molecule has 0 radical (unpaired) electrons. The van der Waals surface area contributed by atoms with Gasteiger partial charge in [0.1, 0.15) is 5.82 Å². The highest BCUT2D eigenvalue weighted by molar-refractivity contribution is 7.99. The minimum atomic E-state index is -0.503. The van der Waals surface area contributed by atoms with Crippen LogP contribution in [0.25, 0.3) is 0 Å². The van der Waals surface area contributed by atoms with Gasteiger partial charge in [-0.05, 0) is 41.2 Å². The van der Waals surface area contributed by atoms with Crippen LogP contribution in [0.5, 0.6) is 0 Å². The molecule has 1 aromatic heterocycles.